The lowest BCUT2D eigenvalue weighted by Gasteiger charge is -2.22. The third-order valence-electron chi connectivity index (χ3n) is 5.33. The van der Waals surface area contributed by atoms with Crippen LogP contribution in [-0.4, -0.2) is 50.1 Å². The first-order chi connectivity index (χ1) is 12.3. The Morgan fingerprint density at radius 3 is 2.46 bits per heavy atom. The van der Waals surface area contributed by atoms with Crippen molar-refractivity contribution in [3.8, 4) is 5.75 Å². The molecule has 1 saturated heterocycles. The molecule has 1 heterocycles. The van der Waals surface area contributed by atoms with Crippen molar-refractivity contribution in [1.82, 2.24) is 5.32 Å². The molecule has 26 heavy (non-hydrogen) atoms. The Morgan fingerprint density at radius 1 is 1.19 bits per heavy atom. The molecule has 0 aromatic heterocycles. The molecule has 0 bridgehead atoms. The van der Waals surface area contributed by atoms with Gasteiger partial charge in [0.2, 0.25) is 5.91 Å². The van der Waals surface area contributed by atoms with E-state index >= 15 is 0 Å². The zero-order chi connectivity index (χ0) is 18.8. The Bertz CT molecular complexity index is 772. The van der Waals surface area contributed by atoms with Crippen molar-refractivity contribution in [3.05, 3.63) is 29.8 Å². The van der Waals surface area contributed by atoms with Gasteiger partial charge in [-0.2, -0.15) is 0 Å². The molecular weight excluding hydrogens is 358 g/mol. The van der Waals surface area contributed by atoms with Crippen molar-refractivity contribution in [3.63, 3.8) is 0 Å². The lowest BCUT2D eigenvalue weighted by atomic mass is 9.96. The number of sulfone groups is 1. The highest BCUT2D eigenvalue weighted by Crippen LogP contribution is 2.59. The van der Waals surface area contributed by atoms with E-state index < -0.39 is 15.8 Å². The fraction of sp³-hybridized carbons (Fsp3) is 0.556. The monoisotopic (exact) mass is 381 g/mol. The van der Waals surface area contributed by atoms with Crippen LogP contribution in [0.15, 0.2) is 24.3 Å². The molecule has 2 aliphatic rings. The third-order valence-corrected chi connectivity index (χ3v) is 6.98. The van der Waals surface area contributed by atoms with Crippen LogP contribution in [0.4, 0.5) is 0 Å². The van der Waals surface area contributed by atoms with E-state index in [4.69, 9.17) is 9.84 Å². The molecule has 1 aliphatic carbocycles. The highest BCUT2D eigenvalue weighted by Gasteiger charge is 2.59. The summed E-state index contributed by atoms with van der Waals surface area (Å²) in [6.07, 6.45) is 2.67. The van der Waals surface area contributed by atoms with E-state index in [0.29, 0.717) is 31.6 Å². The minimum Gasteiger partial charge on any atom is -0.482 e. The van der Waals surface area contributed by atoms with Gasteiger partial charge in [0.25, 0.3) is 0 Å². The number of carbonyl (C=O) groups is 2. The summed E-state index contributed by atoms with van der Waals surface area (Å²) in [6.45, 7) is 0.138. The average Bonchev–Trinajstić information content (AvgIpc) is 3.32. The molecule has 2 N–H and O–H groups in total. The standard InChI is InChI=1S/C18H23NO6S/c20-16(21)12-25-14-3-1-13(2-4-14)5-8-19-17(22)15-11-18(15)6-9-26(23,24)10-7-18/h1-4,15H,5-12H2,(H,19,22)(H,20,21). The van der Waals surface area contributed by atoms with Gasteiger partial charge in [0.15, 0.2) is 6.61 Å². The predicted octanol–water partition coefficient (Wildman–Crippen LogP) is 1.02. The van der Waals surface area contributed by atoms with Crippen molar-refractivity contribution in [2.45, 2.75) is 25.7 Å². The molecule has 1 saturated carbocycles. The van der Waals surface area contributed by atoms with Crippen molar-refractivity contribution in [2.24, 2.45) is 11.3 Å². The van der Waals surface area contributed by atoms with Crippen LogP contribution in [0, 0.1) is 11.3 Å². The van der Waals surface area contributed by atoms with E-state index in [0.717, 1.165) is 12.0 Å². The van der Waals surface area contributed by atoms with Gasteiger partial charge in [0.05, 0.1) is 11.5 Å². The predicted molar refractivity (Wildman–Crippen MR) is 94.7 cm³/mol. The van der Waals surface area contributed by atoms with Crippen LogP contribution in [0.5, 0.6) is 5.75 Å². The zero-order valence-electron chi connectivity index (χ0n) is 14.4. The van der Waals surface area contributed by atoms with Crippen molar-refractivity contribution < 1.29 is 27.9 Å². The average molecular weight is 381 g/mol. The second-order valence-electron chi connectivity index (χ2n) is 7.14. The van der Waals surface area contributed by atoms with Gasteiger partial charge < -0.3 is 15.2 Å². The maximum atomic E-state index is 12.3. The number of hydrogen-bond acceptors (Lipinski definition) is 5. The van der Waals surface area contributed by atoms with Gasteiger partial charge in [-0.1, -0.05) is 12.1 Å². The van der Waals surface area contributed by atoms with E-state index in [1.807, 2.05) is 12.1 Å². The van der Waals surface area contributed by atoms with E-state index in [1.165, 1.54) is 0 Å². The Balaban J connectivity index is 1.40. The van der Waals surface area contributed by atoms with Crippen LogP contribution in [0.1, 0.15) is 24.8 Å². The maximum absolute atomic E-state index is 12.3. The number of ether oxygens (including phenoxy) is 1. The quantitative estimate of drug-likeness (QED) is 0.730. The highest BCUT2D eigenvalue weighted by atomic mass is 32.2. The SMILES string of the molecule is O=C(O)COc1ccc(CCNC(=O)C2CC23CCS(=O)(=O)CC3)cc1. The molecule has 1 aliphatic heterocycles. The van der Waals surface area contributed by atoms with Crippen molar-refractivity contribution in [2.75, 3.05) is 24.7 Å². The summed E-state index contributed by atoms with van der Waals surface area (Å²) in [4.78, 5) is 22.8. The van der Waals surface area contributed by atoms with Gasteiger partial charge in [0.1, 0.15) is 15.6 Å². The van der Waals surface area contributed by atoms with Gasteiger partial charge in [0, 0.05) is 12.5 Å². The number of carboxylic acid groups (broad SMARTS) is 1. The molecule has 1 atom stereocenters. The molecule has 2 fully saturated rings. The number of carbonyl (C=O) groups excluding carboxylic acids is 1. The van der Waals surface area contributed by atoms with Crippen molar-refractivity contribution in [1.29, 1.82) is 0 Å². The summed E-state index contributed by atoms with van der Waals surface area (Å²) in [5, 5.41) is 11.5. The summed E-state index contributed by atoms with van der Waals surface area (Å²) >= 11 is 0. The van der Waals surface area contributed by atoms with Crippen LogP contribution >= 0.6 is 0 Å². The Hall–Kier alpha value is -2.09. The maximum Gasteiger partial charge on any atom is 0.341 e. The molecule has 1 aromatic carbocycles. The summed E-state index contributed by atoms with van der Waals surface area (Å²) in [5.41, 5.74) is 0.931. The summed E-state index contributed by atoms with van der Waals surface area (Å²) < 4.78 is 28.1. The number of benzene rings is 1. The normalized spacial score (nSPS) is 22.5. The molecule has 1 amide bonds. The number of nitrogens with one attached hydrogen (secondary N) is 1. The molecule has 3 rings (SSSR count). The van der Waals surface area contributed by atoms with Gasteiger partial charge in [-0.3, -0.25) is 4.79 Å². The van der Waals surface area contributed by atoms with Gasteiger partial charge in [-0.25, -0.2) is 13.2 Å². The number of aliphatic carboxylic acids is 1. The van der Waals surface area contributed by atoms with Crippen molar-refractivity contribution >= 4 is 21.7 Å². The fourth-order valence-electron chi connectivity index (χ4n) is 3.57. The van der Waals surface area contributed by atoms with E-state index in [9.17, 15) is 18.0 Å². The first-order valence-corrected chi connectivity index (χ1v) is 10.5. The molecule has 8 heteroatoms. The van der Waals surface area contributed by atoms with Gasteiger partial charge in [-0.15, -0.1) is 0 Å². The number of carboxylic acids is 1. The second-order valence-corrected chi connectivity index (χ2v) is 9.44. The van der Waals surface area contributed by atoms with Crippen LogP contribution in [0.3, 0.4) is 0 Å². The van der Waals surface area contributed by atoms with Gasteiger partial charge >= 0.3 is 5.97 Å². The molecule has 0 radical (unpaired) electrons. The molecule has 1 aromatic rings. The fourth-order valence-corrected chi connectivity index (χ4v) is 5.21. The number of hydrogen-bond donors (Lipinski definition) is 2. The second kappa shape index (κ2) is 7.26. The first kappa shape index (κ1) is 18.7. The molecule has 1 spiro atoms. The largest absolute Gasteiger partial charge is 0.482 e. The highest BCUT2D eigenvalue weighted by molar-refractivity contribution is 7.91. The lowest BCUT2D eigenvalue weighted by molar-refractivity contribution is -0.139. The van der Waals surface area contributed by atoms with Crippen LogP contribution in [-0.2, 0) is 25.8 Å². The summed E-state index contributed by atoms with van der Waals surface area (Å²) in [5.74, 6) is -0.159. The smallest absolute Gasteiger partial charge is 0.341 e. The molecule has 142 valence electrons. The first-order valence-electron chi connectivity index (χ1n) is 8.71. The Kier molecular flexibility index (Phi) is 5.22. The minimum absolute atomic E-state index is 0.0192. The lowest BCUT2D eigenvalue weighted by Crippen LogP contribution is -2.32. The van der Waals surface area contributed by atoms with E-state index in [2.05, 4.69) is 5.32 Å². The molecule has 1 unspecified atom stereocenters. The number of amides is 1. The summed E-state index contributed by atoms with van der Waals surface area (Å²) in [6, 6.07) is 7.10. The van der Waals surface area contributed by atoms with Crippen LogP contribution in [0.25, 0.3) is 0 Å². The third kappa shape index (κ3) is 4.55. The summed E-state index contributed by atoms with van der Waals surface area (Å²) in [7, 11) is -2.90. The minimum atomic E-state index is -2.90. The Morgan fingerprint density at radius 2 is 1.85 bits per heavy atom. The number of rotatable bonds is 7. The zero-order valence-corrected chi connectivity index (χ0v) is 15.3. The molecule has 7 nitrogen and oxygen atoms in total. The Labute approximate surface area is 152 Å². The topological polar surface area (TPSA) is 110 Å². The van der Waals surface area contributed by atoms with E-state index in [1.54, 1.807) is 12.1 Å². The van der Waals surface area contributed by atoms with Gasteiger partial charge in [-0.05, 0) is 48.8 Å². The van der Waals surface area contributed by atoms with Crippen LogP contribution in [0.2, 0.25) is 0 Å². The molecular formula is C18H23NO6S. The van der Waals surface area contributed by atoms with E-state index in [-0.39, 0.29) is 35.4 Å². The van der Waals surface area contributed by atoms with Crippen LogP contribution < -0.4 is 10.1 Å².